The van der Waals surface area contributed by atoms with Crippen molar-refractivity contribution in [1.29, 1.82) is 0 Å². The average molecular weight is 484 g/mol. The van der Waals surface area contributed by atoms with Gasteiger partial charge >= 0.3 is 12.2 Å². The number of aromatic nitrogens is 4. The van der Waals surface area contributed by atoms with Crippen LogP contribution in [0.5, 0.6) is 11.5 Å². The summed E-state index contributed by atoms with van der Waals surface area (Å²) in [6.07, 6.45) is 0.940. The van der Waals surface area contributed by atoms with Crippen LogP contribution in [0.4, 0.5) is 23.8 Å². The number of urea groups is 1. The number of pyridine rings is 2. The fourth-order valence-electron chi connectivity index (χ4n) is 3.30. The van der Waals surface area contributed by atoms with E-state index < -0.39 is 17.9 Å². The van der Waals surface area contributed by atoms with E-state index in [2.05, 4.69) is 25.7 Å². The van der Waals surface area contributed by atoms with Gasteiger partial charge in [0, 0.05) is 54.1 Å². The van der Waals surface area contributed by atoms with Gasteiger partial charge in [0.05, 0.1) is 5.69 Å². The quantitative estimate of drug-likeness (QED) is 0.308. The van der Waals surface area contributed by atoms with Crippen molar-refractivity contribution >= 4 is 11.8 Å². The second-order valence-electron chi connectivity index (χ2n) is 7.38. The molecule has 4 N–H and O–H groups in total. The molecule has 35 heavy (non-hydrogen) atoms. The van der Waals surface area contributed by atoms with Crippen LogP contribution >= 0.6 is 0 Å². The summed E-state index contributed by atoms with van der Waals surface area (Å²) in [6, 6.07) is 7.69. The highest BCUT2D eigenvalue weighted by molar-refractivity contribution is 5.89. The Morgan fingerprint density at radius 3 is 2.46 bits per heavy atom. The van der Waals surface area contributed by atoms with Crippen molar-refractivity contribution in [2.75, 3.05) is 11.9 Å². The molecule has 3 aromatic heterocycles. The zero-order chi connectivity index (χ0) is 25.2. The molecule has 0 spiro atoms. The number of anilines is 1. The van der Waals surface area contributed by atoms with Gasteiger partial charge in [-0.25, -0.2) is 14.5 Å². The van der Waals surface area contributed by atoms with Crippen LogP contribution in [-0.2, 0) is 6.18 Å². The van der Waals surface area contributed by atoms with E-state index in [4.69, 9.17) is 0 Å². The second kappa shape index (κ2) is 9.33. The molecule has 0 saturated carbocycles. The van der Waals surface area contributed by atoms with Gasteiger partial charge in [-0.2, -0.15) is 18.3 Å². The van der Waals surface area contributed by atoms with E-state index in [1.165, 1.54) is 36.8 Å². The first-order valence-electron chi connectivity index (χ1n) is 10.3. The molecule has 0 aliphatic heterocycles. The monoisotopic (exact) mass is 484 g/mol. The molecule has 0 saturated heterocycles. The average Bonchev–Trinajstić information content (AvgIpc) is 3.32. The van der Waals surface area contributed by atoms with Crippen LogP contribution in [0.3, 0.4) is 0 Å². The molecule has 0 fully saturated rings. The number of hydrogen-bond donors (Lipinski definition) is 4. The minimum Gasteiger partial charge on any atom is -0.504 e. The fourth-order valence-corrected chi connectivity index (χ4v) is 3.30. The number of alkyl halides is 3. The number of nitrogens with one attached hydrogen (secondary N) is 2. The molecular formula is C23H19F3N6O3. The van der Waals surface area contributed by atoms with Crippen LogP contribution in [0.2, 0.25) is 0 Å². The van der Waals surface area contributed by atoms with Crippen LogP contribution in [0, 0.1) is 0 Å². The van der Waals surface area contributed by atoms with Crippen LogP contribution in [0.1, 0.15) is 12.6 Å². The molecule has 4 aromatic rings. The molecule has 0 atom stereocenters. The van der Waals surface area contributed by atoms with Crippen LogP contribution in [0.15, 0.2) is 61.2 Å². The van der Waals surface area contributed by atoms with E-state index in [1.54, 1.807) is 19.1 Å². The Morgan fingerprint density at radius 2 is 1.77 bits per heavy atom. The number of benzene rings is 1. The summed E-state index contributed by atoms with van der Waals surface area (Å²) in [5.74, 6) is -0.489. The number of phenols is 2. The van der Waals surface area contributed by atoms with E-state index >= 15 is 0 Å². The van der Waals surface area contributed by atoms with Crippen molar-refractivity contribution in [3.05, 3.63) is 66.9 Å². The molecule has 0 bridgehead atoms. The highest BCUT2D eigenvalue weighted by atomic mass is 19.4. The van der Waals surface area contributed by atoms with Gasteiger partial charge < -0.3 is 15.5 Å². The third kappa shape index (κ3) is 5.16. The normalized spacial score (nSPS) is 11.3. The van der Waals surface area contributed by atoms with E-state index in [1.807, 2.05) is 0 Å². The SMILES string of the molecule is CCNC(=O)Nc1cc(-n2ccc(C(F)(F)F)n2)c(-c2cncc(-c3ccc(O)c(O)c3)c2)cn1. The zero-order valence-electron chi connectivity index (χ0n) is 18.2. The van der Waals surface area contributed by atoms with Gasteiger partial charge in [0.1, 0.15) is 5.82 Å². The third-order valence-corrected chi connectivity index (χ3v) is 4.95. The largest absolute Gasteiger partial charge is 0.504 e. The maximum atomic E-state index is 13.2. The van der Waals surface area contributed by atoms with Crippen molar-refractivity contribution in [1.82, 2.24) is 25.1 Å². The first-order chi connectivity index (χ1) is 16.7. The van der Waals surface area contributed by atoms with Crippen molar-refractivity contribution in [3.8, 4) is 39.4 Å². The summed E-state index contributed by atoms with van der Waals surface area (Å²) in [7, 11) is 0. The van der Waals surface area contributed by atoms with Crippen LogP contribution in [-0.4, -0.2) is 42.5 Å². The predicted octanol–water partition coefficient (Wildman–Crippen LogP) is 4.57. The van der Waals surface area contributed by atoms with Gasteiger partial charge in [-0.05, 0) is 36.8 Å². The maximum Gasteiger partial charge on any atom is 0.435 e. The Labute approximate surface area is 196 Å². The Bertz CT molecular complexity index is 1390. The lowest BCUT2D eigenvalue weighted by molar-refractivity contribution is -0.141. The second-order valence-corrected chi connectivity index (χ2v) is 7.38. The van der Waals surface area contributed by atoms with Crippen LogP contribution in [0.25, 0.3) is 27.9 Å². The topological polar surface area (TPSA) is 125 Å². The highest BCUT2D eigenvalue weighted by Gasteiger charge is 2.34. The predicted molar refractivity (Wildman–Crippen MR) is 121 cm³/mol. The number of nitrogens with zero attached hydrogens (tertiary/aromatic N) is 4. The standard InChI is InChI=1S/C23H19F3N6O3/c1-2-28-22(35)30-21-9-17(32-6-5-20(31-32)23(24,25)26)16(12-29-21)15-7-14(10-27-11-15)13-3-4-18(33)19(34)8-13/h3-12,33-34H,2H2,1H3,(H2,28,29,30,35). The molecule has 4 rings (SSSR count). The summed E-state index contributed by atoms with van der Waals surface area (Å²) in [6.45, 7) is 2.11. The van der Waals surface area contributed by atoms with Crippen molar-refractivity contribution in [2.24, 2.45) is 0 Å². The molecule has 180 valence electrons. The van der Waals surface area contributed by atoms with Crippen molar-refractivity contribution in [2.45, 2.75) is 13.1 Å². The lowest BCUT2D eigenvalue weighted by Crippen LogP contribution is -2.28. The molecule has 0 aliphatic rings. The molecule has 12 heteroatoms. The van der Waals surface area contributed by atoms with E-state index in [9.17, 15) is 28.2 Å². The van der Waals surface area contributed by atoms with E-state index in [0.717, 1.165) is 16.9 Å². The third-order valence-electron chi connectivity index (χ3n) is 4.95. The minimum atomic E-state index is -4.64. The minimum absolute atomic E-state index is 0.103. The summed E-state index contributed by atoms with van der Waals surface area (Å²) in [5.41, 5.74) is 1.15. The van der Waals surface area contributed by atoms with Gasteiger partial charge in [0.15, 0.2) is 17.2 Å². The molecule has 9 nitrogen and oxygen atoms in total. The van der Waals surface area contributed by atoms with Gasteiger partial charge in [-0.3, -0.25) is 10.3 Å². The summed E-state index contributed by atoms with van der Waals surface area (Å²) in [4.78, 5) is 20.3. The summed E-state index contributed by atoms with van der Waals surface area (Å²) < 4.78 is 40.6. The fraction of sp³-hybridized carbons (Fsp3) is 0.130. The zero-order valence-corrected chi connectivity index (χ0v) is 18.2. The van der Waals surface area contributed by atoms with Gasteiger partial charge in [0.25, 0.3) is 0 Å². The van der Waals surface area contributed by atoms with Gasteiger partial charge in [-0.1, -0.05) is 6.07 Å². The smallest absolute Gasteiger partial charge is 0.435 e. The number of aromatic hydroxyl groups is 2. The van der Waals surface area contributed by atoms with Crippen LogP contribution < -0.4 is 10.6 Å². The number of rotatable bonds is 5. The molecule has 3 heterocycles. The van der Waals surface area contributed by atoms with Crippen molar-refractivity contribution in [3.63, 3.8) is 0 Å². The number of halogens is 3. The first kappa shape index (κ1) is 23.5. The molecule has 0 aliphatic carbocycles. The molecule has 2 amide bonds. The van der Waals surface area contributed by atoms with Gasteiger partial charge in [-0.15, -0.1) is 0 Å². The van der Waals surface area contributed by atoms with E-state index in [0.29, 0.717) is 28.8 Å². The lowest BCUT2D eigenvalue weighted by atomic mass is 10.0. The Hall–Kier alpha value is -4.61. The molecule has 1 aromatic carbocycles. The van der Waals surface area contributed by atoms with Crippen molar-refractivity contribution < 1.29 is 28.2 Å². The first-order valence-corrected chi connectivity index (χ1v) is 10.3. The molecule has 0 unspecified atom stereocenters. The number of phenolic OH excluding ortho intramolecular Hbond substituents is 2. The molecular weight excluding hydrogens is 465 g/mol. The summed E-state index contributed by atoms with van der Waals surface area (Å²) in [5, 5.41) is 28.1. The Morgan fingerprint density at radius 1 is 1.00 bits per heavy atom. The molecule has 0 radical (unpaired) electrons. The van der Waals surface area contributed by atoms with E-state index in [-0.39, 0.29) is 23.0 Å². The number of amides is 2. The highest BCUT2D eigenvalue weighted by Crippen LogP contribution is 2.34. The Balaban J connectivity index is 1.81. The Kier molecular flexibility index (Phi) is 6.28. The van der Waals surface area contributed by atoms with Gasteiger partial charge in [0.2, 0.25) is 0 Å². The summed E-state index contributed by atoms with van der Waals surface area (Å²) >= 11 is 0. The number of carbonyl (C=O) groups is 1. The maximum absolute atomic E-state index is 13.2. The number of hydrogen-bond acceptors (Lipinski definition) is 6. The lowest BCUT2D eigenvalue weighted by Gasteiger charge is -2.13. The number of carbonyl (C=O) groups excluding carboxylic acids is 1.